The van der Waals surface area contributed by atoms with Crippen molar-refractivity contribution in [2.75, 3.05) is 11.9 Å². The Hall–Kier alpha value is -1.35. The molecule has 1 nitrogen and oxygen atoms in total. The predicted molar refractivity (Wildman–Crippen MR) is 78.3 cm³/mol. The minimum atomic E-state index is -0.214. The van der Waals surface area contributed by atoms with Gasteiger partial charge >= 0.3 is 0 Å². The summed E-state index contributed by atoms with van der Waals surface area (Å²) in [5.74, 6) is -0.214. The van der Waals surface area contributed by atoms with Gasteiger partial charge in [-0.2, -0.15) is 0 Å². The van der Waals surface area contributed by atoms with Gasteiger partial charge in [0.15, 0.2) is 0 Å². The molecule has 3 heteroatoms. The highest BCUT2D eigenvalue weighted by atomic mass is 79.9. The number of anilines is 2. The van der Waals surface area contributed by atoms with Gasteiger partial charge in [0, 0.05) is 23.8 Å². The third-order valence-corrected chi connectivity index (χ3v) is 3.62. The van der Waals surface area contributed by atoms with Crippen molar-refractivity contribution in [1.82, 2.24) is 0 Å². The zero-order valence-electron chi connectivity index (χ0n) is 10.5. The molecule has 0 heterocycles. The summed E-state index contributed by atoms with van der Waals surface area (Å²) < 4.78 is 13.2. The number of halogens is 2. The lowest BCUT2D eigenvalue weighted by Gasteiger charge is -2.22. The molecule has 0 spiro atoms. The van der Waals surface area contributed by atoms with Crippen LogP contribution in [0.1, 0.15) is 11.1 Å². The van der Waals surface area contributed by atoms with Gasteiger partial charge in [-0.15, -0.1) is 0 Å². The van der Waals surface area contributed by atoms with Crippen LogP contribution in [-0.4, -0.2) is 7.05 Å². The summed E-state index contributed by atoms with van der Waals surface area (Å²) in [7, 11) is 1.95. The van der Waals surface area contributed by atoms with E-state index >= 15 is 0 Å². The maximum absolute atomic E-state index is 13.2. The molecular formula is C15H15BrFN. The molecule has 18 heavy (non-hydrogen) atoms. The van der Waals surface area contributed by atoms with E-state index in [0.717, 1.165) is 16.7 Å². The average Bonchev–Trinajstić information content (AvgIpc) is 2.37. The Morgan fingerprint density at radius 3 is 2.56 bits per heavy atom. The third-order valence-electron chi connectivity index (χ3n) is 2.97. The molecule has 2 rings (SSSR count). The fourth-order valence-corrected chi connectivity index (χ4v) is 2.35. The monoisotopic (exact) mass is 307 g/mol. The molecule has 0 fully saturated rings. The van der Waals surface area contributed by atoms with Crippen LogP contribution in [0.3, 0.4) is 0 Å². The van der Waals surface area contributed by atoms with Gasteiger partial charge in [0.05, 0.1) is 0 Å². The van der Waals surface area contributed by atoms with Gasteiger partial charge in [-0.1, -0.05) is 34.1 Å². The molecule has 0 atom stereocenters. The van der Waals surface area contributed by atoms with Gasteiger partial charge in [-0.3, -0.25) is 0 Å². The van der Waals surface area contributed by atoms with Gasteiger partial charge in [-0.25, -0.2) is 4.39 Å². The SMILES string of the molecule is Cc1cc(CBr)ccc1N(C)c1cccc(F)c1. The van der Waals surface area contributed by atoms with Crippen molar-refractivity contribution < 1.29 is 4.39 Å². The van der Waals surface area contributed by atoms with Crippen molar-refractivity contribution in [3.8, 4) is 0 Å². The van der Waals surface area contributed by atoms with E-state index in [1.54, 1.807) is 6.07 Å². The van der Waals surface area contributed by atoms with E-state index in [9.17, 15) is 4.39 Å². The van der Waals surface area contributed by atoms with Crippen LogP contribution in [0.4, 0.5) is 15.8 Å². The van der Waals surface area contributed by atoms with E-state index < -0.39 is 0 Å². The Bertz CT molecular complexity index is 554. The van der Waals surface area contributed by atoms with E-state index in [4.69, 9.17) is 0 Å². The summed E-state index contributed by atoms with van der Waals surface area (Å²) in [6, 6.07) is 12.9. The first kappa shape index (κ1) is 13.1. The molecule has 0 saturated carbocycles. The minimum Gasteiger partial charge on any atom is -0.344 e. The van der Waals surface area contributed by atoms with Crippen LogP contribution in [0.25, 0.3) is 0 Å². The van der Waals surface area contributed by atoms with Crippen LogP contribution in [0, 0.1) is 12.7 Å². The molecule has 0 aromatic heterocycles. The number of rotatable bonds is 3. The number of hydrogen-bond acceptors (Lipinski definition) is 1. The third kappa shape index (κ3) is 2.72. The van der Waals surface area contributed by atoms with Crippen molar-refractivity contribution in [3.05, 3.63) is 59.4 Å². The Morgan fingerprint density at radius 2 is 1.94 bits per heavy atom. The highest BCUT2D eigenvalue weighted by Crippen LogP contribution is 2.28. The molecule has 0 amide bonds. The van der Waals surface area contributed by atoms with Crippen LogP contribution >= 0.6 is 15.9 Å². The fraction of sp³-hybridized carbons (Fsp3) is 0.200. The summed E-state index contributed by atoms with van der Waals surface area (Å²) in [5, 5.41) is 0.845. The summed E-state index contributed by atoms with van der Waals surface area (Å²) in [6.45, 7) is 2.07. The average molecular weight is 308 g/mol. The highest BCUT2D eigenvalue weighted by Gasteiger charge is 2.08. The number of aryl methyl sites for hydroxylation is 1. The number of alkyl halides is 1. The normalized spacial score (nSPS) is 10.4. The van der Waals surface area contributed by atoms with Crippen molar-refractivity contribution >= 4 is 27.3 Å². The summed E-state index contributed by atoms with van der Waals surface area (Å²) in [6.07, 6.45) is 0. The second-order valence-electron chi connectivity index (χ2n) is 4.29. The van der Waals surface area contributed by atoms with Gasteiger partial charge in [0.25, 0.3) is 0 Å². The van der Waals surface area contributed by atoms with Gasteiger partial charge in [0.2, 0.25) is 0 Å². The van der Waals surface area contributed by atoms with Crippen molar-refractivity contribution in [1.29, 1.82) is 0 Å². The van der Waals surface area contributed by atoms with Crippen LogP contribution in [0.15, 0.2) is 42.5 Å². The van der Waals surface area contributed by atoms with Gasteiger partial charge in [-0.05, 0) is 42.3 Å². The molecule has 0 saturated heterocycles. The van der Waals surface area contributed by atoms with E-state index in [2.05, 4.69) is 41.1 Å². The topological polar surface area (TPSA) is 3.24 Å². The molecule has 0 unspecified atom stereocenters. The number of benzene rings is 2. The molecule has 94 valence electrons. The van der Waals surface area contributed by atoms with E-state index in [0.29, 0.717) is 0 Å². The van der Waals surface area contributed by atoms with Crippen LogP contribution < -0.4 is 4.90 Å². The first-order valence-electron chi connectivity index (χ1n) is 5.76. The van der Waals surface area contributed by atoms with E-state index in [1.807, 2.05) is 18.0 Å². The minimum absolute atomic E-state index is 0.214. The van der Waals surface area contributed by atoms with Gasteiger partial charge in [0.1, 0.15) is 5.82 Å². The van der Waals surface area contributed by atoms with Crippen molar-refractivity contribution in [2.24, 2.45) is 0 Å². The molecule has 0 aliphatic carbocycles. The highest BCUT2D eigenvalue weighted by molar-refractivity contribution is 9.08. The first-order valence-corrected chi connectivity index (χ1v) is 6.89. The molecule has 2 aromatic carbocycles. The fourth-order valence-electron chi connectivity index (χ4n) is 2.00. The van der Waals surface area contributed by atoms with E-state index in [1.165, 1.54) is 23.3 Å². The second kappa shape index (κ2) is 5.53. The lowest BCUT2D eigenvalue weighted by atomic mass is 10.1. The number of hydrogen-bond donors (Lipinski definition) is 0. The first-order chi connectivity index (χ1) is 8.61. The summed E-state index contributed by atoms with van der Waals surface area (Å²) >= 11 is 3.44. The Labute approximate surface area is 115 Å². The predicted octanol–water partition coefficient (Wildman–Crippen LogP) is 4.80. The Balaban J connectivity index is 2.37. The Kier molecular flexibility index (Phi) is 4.02. The quantitative estimate of drug-likeness (QED) is 0.736. The zero-order valence-corrected chi connectivity index (χ0v) is 12.0. The summed E-state index contributed by atoms with van der Waals surface area (Å²) in [5.41, 5.74) is 4.36. The van der Waals surface area contributed by atoms with Crippen LogP contribution in [0.5, 0.6) is 0 Å². The van der Waals surface area contributed by atoms with Crippen molar-refractivity contribution in [3.63, 3.8) is 0 Å². The molecule has 2 aromatic rings. The van der Waals surface area contributed by atoms with E-state index in [-0.39, 0.29) is 5.82 Å². The molecular weight excluding hydrogens is 293 g/mol. The number of nitrogens with zero attached hydrogens (tertiary/aromatic N) is 1. The maximum Gasteiger partial charge on any atom is 0.125 e. The maximum atomic E-state index is 13.2. The molecule has 0 radical (unpaired) electrons. The molecule has 0 aliphatic rings. The smallest absolute Gasteiger partial charge is 0.125 e. The Morgan fingerprint density at radius 1 is 1.17 bits per heavy atom. The zero-order chi connectivity index (χ0) is 13.1. The molecule has 0 N–H and O–H groups in total. The van der Waals surface area contributed by atoms with Gasteiger partial charge < -0.3 is 4.90 Å². The second-order valence-corrected chi connectivity index (χ2v) is 4.85. The van der Waals surface area contributed by atoms with Crippen LogP contribution in [-0.2, 0) is 5.33 Å². The molecule has 0 bridgehead atoms. The lowest BCUT2D eigenvalue weighted by Crippen LogP contribution is -2.11. The molecule has 0 aliphatic heterocycles. The summed E-state index contributed by atoms with van der Waals surface area (Å²) in [4.78, 5) is 2.00. The van der Waals surface area contributed by atoms with Crippen molar-refractivity contribution in [2.45, 2.75) is 12.3 Å². The lowest BCUT2D eigenvalue weighted by molar-refractivity contribution is 0.628. The largest absolute Gasteiger partial charge is 0.344 e. The van der Waals surface area contributed by atoms with Crippen LogP contribution in [0.2, 0.25) is 0 Å². The standard InChI is InChI=1S/C15H15BrFN/c1-11-8-12(10-16)6-7-15(11)18(2)14-5-3-4-13(17)9-14/h3-9H,10H2,1-2H3.